The molecule has 114 valence electrons. The van der Waals surface area contributed by atoms with Crippen LogP contribution in [0.3, 0.4) is 0 Å². The van der Waals surface area contributed by atoms with Crippen LogP contribution in [0.15, 0.2) is 24.3 Å². The van der Waals surface area contributed by atoms with Crippen LogP contribution in [-0.2, 0) is 16.0 Å². The Bertz CT molecular complexity index is 490. The fourth-order valence-electron chi connectivity index (χ4n) is 2.01. The monoisotopic (exact) mass is 292 g/mol. The molecule has 0 aliphatic carbocycles. The maximum absolute atomic E-state index is 11.8. The Morgan fingerprint density at radius 2 is 1.33 bits per heavy atom. The molecule has 0 radical (unpaired) electrons. The van der Waals surface area contributed by atoms with E-state index < -0.39 is 11.9 Å². The van der Waals surface area contributed by atoms with Gasteiger partial charge in [-0.05, 0) is 31.2 Å². The third-order valence-electron chi connectivity index (χ3n) is 3.18. The second kappa shape index (κ2) is 8.89. The van der Waals surface area contributed by atoms with E-state index in [1.54, 1.807) is 12.1 Å². The van der Waals surface area contributed by atoms with Crippen LogP contribution < -0.4 is 0 Å². The summed E-state index contributed by atoms with van der Waals surface area (Å²) < 4.78 is 0. The average Bonchev–Trinajstić information content (AvgIpc) is 2.43. The Morgan fingerprint density at radius 1 is 0.762 bits per heavy atom. The summed E-state index contributed by atoms with van der Waals surface area (Å²) in [6.07, 6.45) is 3.02. The minimum absolute atomic E-state index is 0.00734. The van der Waals surface area contributed by atoms with E-state index in [0.29, 0.717) is 18.4 Å². The molecular weight excluding hydrogens is 272 g/mol. The van der Waals surface area contributed by atoms with Crippen molar-refractivity contribution in [3.63, 3.8) is 0 Å². The smallest absolute Gasteiger partial charge is 0.303 e. The van der Waals surface area contributed by atoms with Gasteiger partial charge < -0.3 is 10.2 Å². The summed E-state index contributed by atoms with van der Waals surface area (Å²) in [6.45, 7) is 0. The second-order valence-electron chi connectivity index (χ2n) is 4.97. The number of ketones is 1. The quantitative estimate of drug-likeness (QED) is 0.511. The van der Waals surface area contributed by atoms with Gasteiger partial charge in [-0.25, -0.2) is 0 Å². The van der Waals surface area contributed by atoms with Gasteiger partial charge >= 0.3 is 11.9 Å². The van der Waals surface area contributed by atoms with Crippen molar-refractivity contribution < 1.29 is 24.6 Å². The molecule has 0 saturated heterocycles. The van der Waals surface area contributed by atoms with Crippen molar-refractivity contribution in [1.29, 1.82) is 0 Å². The molecule has 0 aliphatic heterocycles. The Labute approximate surface area is 123 Å². The van der Waals surface area contributed by atoms with E-state index >= 15 is 0 Å². The number of aryl methyl sites for hydroxylation is 1. The van der Waals surface area contributed by atoms with Gasteiger partial charge in [0.25, 0.3) is 0 Å². The lowest BCUT2D eigenvalue weighted by molar-refractivity contribution is -0.138. The van der Waals surface area contributed by atoms with Gasteiger partial charge in [0.05, 0.1) is 0 Å². The van der Waals surface area contributed by atoms with Gasteiger partial charge in [-0.2, -0.15) is 0 Å². The zero-order valence-electron chi connectivity index (χ0n) is 11.9. The second-order valence-corrected chi connectivity index (χ2v) is 4.97. The molecule has 0 spiro atoms. The highest BCUT2D eigenvalue weighted by Gasteiger charge is 2.07. The first-order chi connectivity index (χ1) is 9.99. The molecule has 5 heteroatoms. The van der Waals surface area contributed by atoms with Crippen molar-refractivity contribution in [1.82, 2.24) is 0 Å². The number of hydrogen-bond acceptors (Lipinski definition) is 3. The lowest BCUT2D eigenvalue weighted by Gasteiger charge is -2.03. The van der Waals surface area contributed by atoms with E-state index in [1.807, 2.05) is 12.1 Å². The molecule has 0 amide bonds. The van der Waals surface area contributed by atoms with E-state index in [9.17, 15) is 14.4 Å². The van der Waals surface area contributed by atoms with Gasteiger partial charge in [0.2, 0.25) is 0 Å². The number of Topliss-reactive ketones (excluding diaryl/α,β-unsaturated/α-hetero) is 1. The highest BCUT2D eigenvalue weighted by Crippen LogP contribution is 2.12. The molecule has 1 rings (SSSR count). The van der Waals surface area contributed by atoms with Crippen molar-refractivity contribution >= 4 is 17.7 Å². The van der Waals surface area contributed by atoms with Crippen LogP contribution in [-0.4, -0.2) is 27.9 Å². The zero-order valence-corrected chi connectivity index (χ0v) is 11.9. The summed E-state index contributed by atoms with van der Waals surface area (Å²) >= 11 is 0. The number of unbranched alkanes of at least 4 members (excludes halogenated alkanes) is 1. The van der Waals surface area contributed by atoms with Crippen molar-refractivity contribution in [2.75, 3.05) is 0 Å². The van der Waals surface area contributed by atoms with Gasteiger partial charge in [-0.15, -0.1) is 0 Å². The summed E-state index contributed by atoms with van der Waals surface area (Å²) in [6, 6.07) is 7.22. The normalized spacial score (nSPS) is 10.3. The standard InChI is InChI=1S/C16H20O5/c17-14(5-3-7-16(20)21)13-10-8-12(9-11-13)4-1-2-6-15(18)19/h8-11H,1-7H2,(H,18,19)(H,20,21). The van der Waals surface area contributed by atoms with E-state index in [4.69, 9.17) is 10.2 Å². The number of benzene rings is 1. The highest BCUT2D eigenvalue weighted by molar-refractivity contribution is 5.96. The third kappa shape index (κ3) is 7.25. The van der Waals surface area contributed by atoms with Gasteiger partial charge in [0.15, 0.2) is 5.78 Å². The van der Waals surface area contributed by atoms with E-state index in [1.165, 1.54) is 0 Å². The van der Waals surface area contributed by atoms with Crippen molar-refractivity contribution in [3.8, 4) is 0 Å². The minimum Gasteiger partial charge on any atom is -0.481 e. The number of carboxylic acid groups (broad SMARTS) is 2. The molecule has 0 saturated carbocycles. The molecule has 0 unspecified atom stereocenters. The fourth-order valence-corrected chi connectivity index (χ4v) is 2.01. The van der Waals surface area contributed by atoms with Gasteiger partial charge in [0, 0.05) is 24.8 Å². The van der Waals surface area contributed by atoms with Gasteiger partial charge in [-0.3, -0.25) is 14.4 Å². The number of hydrogen-bond donors (Lipinski definition) is 2. The highest BCUT2D eigenvalue weighted by atomic mass is 16.4. The topological polar surface area (TPSA) is 91.7 Å². The van der Waals surface area contributed by atoms with E-state index in [2.05, 4.69) is 0 Å². The number of carbonyl (C=O) groups is 3. The molecule has 0 aliphatic rings. The number of aliphatic carboxylic acids is 2. The molecule has 2 N–H and O–H groups in total. The molecule has 0 heterocycles. The summed E-state index contributed by atoms with van der Waals surface area (Å²) in [5.41, 5.74) is 1.66. The third-order valence-corrected chi connectivity index (χ3v) is 3.18. The predicted molar refractivity (Wildman–Crippen MR) is 77.5 cm³/mol. The largest absolute Gasteiger partial charge is 0.481 e. The number of carbonyl (C=O) groups excluding carboxylic acids is 1. The molecule has 0 atom stereocenters. The van der Waals surface area contributed by atoms with Crippen LogP contribution in [0, 0.1) is 0 Å². The Balaban J connectivity index is 2.37. The molecule has 0 bridgehead atoms. The summed E-state index contributed by atoms with van der Waals surface area (Å²) in [5.74, 6) is -1.72. The molecule has 1 aromatic carbocycles. The van der Waals surface area contributed by atoms with Crippen LogP contribution in [0.5, 0.6) is 0 Å². The van der Waals surface area contributed by atoms with Gasteiger partial charge in [0.1, 0.15) is 0 Å². The first-order valence-electron chi connectivity index (χ1n) is 7.05. The molecule has 21 heavy (non-hydrogen) atoms. The first kappa shape index (κ1) is 16.9. The van der Waals surface area contributed by atoms with E-state index in [0.717, 1.165) is 18.4 Å². The van der Waals surface area contributed by atoms with Crippen molar-refractivity contribution in [2.45, 2.75) is 44.9 Å². The zero-order chi connectivity index (χ0) is 15.7. The maximum Gasteiger partial charge on any atom is 0.303 e. The average molecular weight is 292 g/mol. The van der Waals surface area contributed by atoms with Gasteiger partial charge in [-0.1, -0.05) is 24.3 Å². The minimum atomic E-state index is -0.889. The molecule has 5 nitrogen and oxygen atoms in total. The summed E-state index contributed by atoms with van der Waals surface area (Å²) in [7, 11) is 0. The molecule has 1 aromatic rings. The lowest BCUT2D eigenvalue weighted by Crippen LogP contribution is -2.02. The van der Waals surface area contributed by atoms with Crippen LogP contribution in [0.25, 0.3) is 0 Å². The van der Waals surface area contributed by atoms with Crippen molar-refractivity contribution in [3.05, 3.63) is 35.4 Å². The molecular formula is C16H20O5. The summed E-state index contributed by atoms with van der Waals surface area (Å²) in [5, 5.41) is 17.1. The van der Waals surface area contributed by atoms with Crippen LogP contribution in [0.4, 0.5) is 0 Å². The Hall–Kier alpha value is -2.17. The number of rotatable bonds is 10. The predicted octanol–water partition coefficient (Wildman–Crippen LogP) is 2.92. The Kier molecular flexibility index (Phi) is 7.15. The SMILES string of the molecule is O=C(O)CCCCc1ccc(C(=O)CCCC(=O)O)cc1. The number of carboxylic acids is 2. The first-order valence-corrected chi connectivity index (χ1v) is 7.05. The lowest BCUT2D eigenvalue weighted by atomic mass is 10.0. The van der Waals surface area contributed by atoms with Crippen LogP contribution in [0.1, 0.15) is 54.4 Å². The molecule has 0 fully saturated rings. The van der Waals surface area contributed by atoms with Crippen LogP contribution in [0.2, 0.25) is 0 Å². The van der Waals surface area contributed by atoms with E-state index in [-0.39, 0.29) is 25.0 Å². The Morgan fingerprint density at radius 3 is 1.90 bits per heavy atom. The summed E-state index contributed by atoms with van der Waals surface area (Å²) in [4.78, 5) is 32.6. The maximum atomic E-state index is 11.8. The van der Waals surface area contributed by atoms with Crippen LogP contribution >= 0.6 is 0 Å². The van der Waals surface area contributed by atoms with Crippen molar-refractivity contribution in [2.24, 2.45) is 0 Å². The fraction of sp³-hybridized carbons (Fsp3) is 0.438. The molecule has 0 aromatic heterocycles.